The molecule has 102 valence electrons. The van der Waals surface area contributed by atoms with Crippen LogP contribution in [0.3, 0.4) is 0 Å². The summed E-state index contributed by atoms with van der Waals surface area (Å²) in [6.07, 6.45) is 7.23. The van der Waals surface area contributed by atoms with E-state index in [0.717, 1.165) is 18.3 Å². The monoisotopic (exact) mass is 240 g/mol. The van der Waals surface area contributed by atoms with E-state index in [4.69, 9.17) is 0 Å². The fourth-order valence-electron chi connectivity index (χ4n) is 3.11. The average Bonchev–Trinajstić information content (AvgIpc) is 2.25. The van der Waals surface area contributed by atoms with Crippen LogP contribution in [0.5, 0.6) is 0 Å². The molecule has 17 heavy (non-hydrogen) atoms. The molecule has 1 heteroatoms. The molecular weight excluding hydrogens is 208 g/mol. The van der Waals surface area contributed by atoms with Crippen LogP contribution in [0.1, 0.15) is 73.1 Å². The maximum absolute atomic E-state index is 10.2. The molecule has 1 saturated carbocycles. The molecule has 0 saturated heterocycles. The molecule has 1 nitrogen and oxygen atoms in total. The zero-order valence-electron chi connectivity index (χ0n) is 12.5. The maximum Gasteiger partial charge on any atom is 0.0568 e. The lowest BCUT2D eigenvalue weighted by Crippen LogP contribution is -2.30. The fraction of sp³-hybridized carbons (Fsp3) is 1.00. The highest BCUT2D eigenvalue weighted by atomic mass is 16.3. The highest BCUT2D eigenvalue weighted by molar-refractivity contribution is 4.83. The first-order valence-corrected chi connectivity index (χ1v) is 7.48. The quantitative estimate of drug-likeness (QED) is 0.759. The normalized spacial score (nSPS) is 28.4. The summed E-state index contributed by atoms with van der Waals surface area (Å²) in [6.45, 7) is 11.5. The van der Waals surface area contributed by atoms with E-state index in [1.807, 2.05) is 0 Å². The van der Waals surface area contributed by atoms with Gasteiger partial charge in [0.2, 0.25) is 0 Å². The lowest BCUT2D eigenvalue weighted by Gasteiger charge is -2.38. The van der Waals surface area contributed by atoms with Gasteiger partial charge in [0.05, 0.1) is 6.10 Å². The molecule has 1 aliphatic carbocycles. The van der Waals surface area contributed by atoms with Crippen molar-refractivity contribution in [3.63, 3.8) is 0 Å². The standard InChI is InChI=1S/C16H32O/c1-12(2)6-11-15(17)13-7-9-14(10-8-13)16(3,4)5/h12-15,17H,6-11H2,1-5H3. The molecule has 0 spiro atoms. The zero-order chi connectivity index (χ0) is 13.1. The van der Waals surface area contributed by atoms with E-state index in [9.17, 15) is 5.11 Å². The molecule has 0 aromatic heterocycles. The SMILES string of the molecule is CC(C)CCC(O)C1CCC(C(C)(C)C)CC1. The molecular formula is C16H32O. The summed E-state index contributed by atoms with van der Waals surface area (Å²) in [5.41, 5.74) is 0.452. The molecule has 1 aliphatic rings. The smallest absolute Gasteiger partial charge is 0.0568 e. The first kappa shape index (κ1) is 15.0. The Morgan fingerprint density at radius 2 is 1.53 bits per heavy atom. The lowest BCUT2D eigenvalue weighted by molar-refractivity contribution is 0.0449. The summed E-state index contributed by atoms with van der Waals surface area (Å²) in [4.78, 5) is 0. The summed E-state index contributed by atoms with van der Waals surface area (Å²) >= 11 is 0. The second-order valence-corrected chi connectivity index (χ2v) is 7.52. The summed E-state index contributed by atoms with van der Waals surface area (Å²) in [5.74, 6) is 2.15. The van der Waals surface area contributed by atoms with E-state index in [1.165, 1.54) is 32.1 Å². The van der Waals surface area contributed by atoms with Gasteiger partial charge in [-0.25, -0.2) is 0 Å². The molecule has 1 rings (SSSR count). The van der Waals surface area contributed by atoms with Crippen molar-refractivity contribution in [1.29, 1.82) is 0 Å². The Morgan fingerprint density at radius 3 is 1.94 bits per heavy atom. The molecule has 1 unspecified atom stereocenters. The van der Waals surface area contributed by atoms with E-state index in [0.29, 0.717) is 11.3 Å². The zero-order valence-corrected chi connectivity index (χ0v) is 12.5. The Hall–Kier alpha value is -0.0400. The summed E-state index contributed by atoms with van der Waals surface area (Å²) in [5, 5.41) is 10.2. The third-order valence-electron chi connectivity index (χ3n) is 4.58. The summed E-state index contributed by atoms with van der Waals surface area (Å²) < 4.78 is 0. The Kier molecular flexibility index (Phi) is 5.50. The number of hydrogen-bond acceptors (Lipinski definition) is 1. The number of rotatable bonds is 4. The van der Waals surface area contributed by atoms with Crippen LogP contribution in [0.25, 0.3) is 0 Å². The molecule has 0 aliphatic heterocycles. The van der Waals surface area contributed by atoms with Crippen molar-refractivity contribution in [3.8, 4) is 0 Å². The van der Waals surface area contributed by atoms with Gasteiger partial charge < -0.3 is 5.11 Å². The predicted molar refractivity (Wildman–Crippen MR) is 75.0 cm³/mol. The second kappa shape index (κ2) is 6.22. The van der Waals surface area contributed by atoms with Crippen molar-refractivity contribution in [1.82, 2.24) is 0 Å². The fourth-order valence-corrected chi connectivity index (χ4v) is 3.11. The van der Waals surface area contributed by atoms with E-state index in [1.54, 1.807) is 0 Å². The van der Waals surface area contributed by atoms with Crippen LogP contribution in [-0.2, 0) is 0 Å². The van der Waals surface area contributed by atoms with E-state index >= 15 is 0 Å². The van der Waals surface area contributed by atoms with Crippen molar-refractivity contribution in [2.75, 3.05) is 0 Å². The van der Waals surface area contributed by atoms with Gasteiger partial charge in [-0.15, -0.1) is 0 Å². The molecule has 1 atom stereocenters. The van der Waals surface area contributed by atoms with Gasteiger partial charge in [-0.3, -0.25) is 0 Å². The van der Waals surface area contributed by atoms with Crippen LogP contribution < -0.4 is 0 Å². The number of hydrogen-bond donors (Lipinski definition) is 1. The maximum atomic E-state index is 10.2. The van der Waals surface area contributed by atoms with Crippen LogP contribution in [0.15, 0.2) is 0 Å². The Morgan fingerprint density at radius 1 is 1.00 bits per heavy atom. The van der Waals surface area contributed by atoms with E-state index < -0.39 is 0 Å². The van der Waals surface area contributed by atoms with Crippen LogP contribution in [-0.4, -0.2) is 11.2 Å². The van der Waals surface area contributed by atoms with Crippen molar-refractivity contribution in [2.45, 2.75) is 79.2 Å². The first-order valence-electron chi connectivity index (χ1n) is 7.48. The van der Waals surface area contributed by atoms with Crippen molar-refractivity contribution >= 4 is 0 Å². The predicted octanol–water partition coefficient (Wildman–Crippen LogP) is 4.64. The van der Waals surface area contributed by atoms with Gasteiger partial charge in [-0.05, 0) is 61.7 Å². The van der Waals surface area contributed by atoms with Crippen LogP contribution in [0, 0.1) is 23.2 Å². The summed E-state index contributed by atoms with van der Waals surface area (Å²) in [6, 6.07) is 0. The minimum Gasteiger partial charge on any atom is -0.393 e. The van der Waals surface area contributed by atoms with Gasteiger partial charge in [0.15, 0.2) is 0 Å². The topological polar surface area (TPSA) is 20.2 Å². The van der Waals surface area contributed by atoms with Crippen molar-refractivity contribution in [3.05, 3.63) is 0 Å². The Balaban J connectivity index is 2.31. The molecule has 0 bridgehead atoms. The minimum atomic E-state index is -0.0432. The van der Waals surface area contributed by atoms with Gasteiger partial charge in [0, 0.05) is 0 Å². The largest absolute Gasteiger partial charge is 0.393 e. The highest BCUT2D eigenvalue weighted by Gasteiger charge is 2.32. The van der Waals surface area contributed by atoms with Gasteiger partial charge >= 0.3 is 0 Å². The lowest BCUT2D eigenvalue weighted by atomic mass is 9.68. The number of aliphatic hydroxyl groups is 1. The van der Waals surface area contributed by atoms with Gasteiger partial charge in [0.25, 0.3) is 0 Å². The molecule has 0 aromatic carbocycles. The highest BCUT2D eigenvalue weighted by Crippen LogP contribution is 2.41. The van der Waals surface area contributed by atoms with Crippen molar-refractivity contribution in [2.24, 2.45) is 23.2 Å². The third-order valence-corrected chi connectivity index (χ3v) is 4.58. The molecule has 0 radical (unpaired) electrons. The number of aliphatic hydroxyl groups excluding tert-OH is 1. The first-order chi connectivity index (χ1) is 7.80. The van der Waals surface area contributed by atoms with Crippen LogP contribution in [0.4, 0.5) is 0 Å². The van der Waals surface area contributed by atoms with Crippen molar-refractivity contribution < 1.29 is 5.11 Å². The van der Waals surface area contributed by atoms with Crippen LogP contribution in [0.2, 0.25) is 0 Å². The minimum absolute atomic E-state index is 0.0432. The molecule has 1 N–H and O–H groups in total. The molecule has 1 fully saturated rings. The second-order valence-electron chi connectivity index (χ2n) is 7.52. The van der Waals surface area contributed by atoms with Gasteiger partial charge in [-0.2, -0.15) is 0 Å². The van der Waals surface area contributed by atoms with E-state index in [-0.39, 0.29) is 6.10 Å². The Labute approximate surface area is 108 Å². The molecule has 0 heterocycles. The molecule has 0 aromatic rings. The van der Waals surface area contributed by atoms with Gasteiger partial charge in [0.1, 0.15) is 0 Å². The third kappa shape index (κ3) is 4.99. The molecule has 0 amide bonds. The Bertz CT molecular complexity index is 206. The van der Waals surface area contributed by atoms with E-state index in [2.05, 4.69) is 34.6 Å². The average molecular weight is 240 g/mol. The van der Waals surface area contributed by atoms with Gasteiger partial charge in [-0.1, -0.05) is 34.6 Å². The van der Waals surface area contributed by atoms with Crippen LogP contribution >= 0.6 is 0 Å². The summed E-state index contributed by atoms with van der Waals surface area (Å²) in [7, 11) is 0.